The molecule has 162 valence electrons. The summed E-state index contributed by atoms with van der Waals surface area (Å²) in [5, 5.41) is 12.9. The molecule has 0 aliphatic carbocycles. The van der Waals surface area contributed by atoms with Gasteiger partial charge in [-0.25, -0.2) is 0 Å². The zero-order valence-electron chi connectivity index (χ0n) is 17.4. The van der Waals surface area contributed by atoms with E-state index in [0.29, 0.717) is 48.5 Å². The Labute approximate surface area is 187 Å². The standard InChI is InChI=1S/C24H25ClN2O4/c1-2-29-23-13-18(7-10-22(23)31-16-17-5-8-20(25)9-6-17)12-19(14-26)24(28)27-15-21-4-3-11-30-21/h5-10,12-13,21H,2-4,11,15-16H2,1H3,(H,27,28)/b19-12+/t21-/m1/s1. The van der Waals surface area contributed by atoms with Gasteiger partial charge in [0.15, 0.2) is 11.5 Å². The second-order valence-electron chi connectivity index (χ2n) is 7.07. The van der Waals surface area contributed by atoms with Gasteiger partial charge in [-0.05, 0) is 61.2 Å². The molecule has 0 radical (unpaired) electrons. The zero-order valence-corrected chi connectivity index (χ0v) is 18.2. The van der Waals surface area contributed by atoms with E-state index in [-0.39, 0.29) is 11.7 Å². The maximum absolute atomic E-state index is 12.4. The third-order valence-corrected chi connectivity index (χ3v) is 5.02. The number of nitrogens with one attached hydrogen (secondary N) is 1. The van der Waals surface area contributed by atoms with Crippen molar-refractivity contribution >= 4 is 23.6 Å². The van der Waals surface area contributed by atoms with Crippen molar-refractivity contribution in [1.82, 2.24) is 5.32 Å². The Morgan fingerprint density at radius 3 is 2.74 bits per heavy atom. The fourth-order valence-corrected chi connectivity index (χ4v) is 3.29. The lowest BCUT2D eigenvalue weighted by molar-refractivity contribution is -0.117. The largest absolute Gasteiger partial charge is 0.490 e. The van der Waals surface area contributed by atoms with Crippen molar-refractivity contribution in [2.45, 2.75) is 32.5 Å². The summed E-state index contributed by atoms with van der Waals surface area (Å²) in [6.45, 7) is 3.82. The van der Waals surface area contributed by atoms with E-state index in [0.717, 1.165) is 18.4 Å². The van der Waals surface area contributed by atoms with Crippen molar-refractivity contribution in [3.8, 4) is 17.6 Å². The van der Waals surface area contributed by atoms with Crippen LogP contribution in [0.4, 0.5) is 0 Å². The Kier molecular flexibility index (Phi) is 8.34. The predicted octanol–water partition coefficient (Wildman–Crippen LogP) is 4.52. The smallest absolute Gasteiger partial charge is 0.262 e. The molecule has 2 aromatic rings. The number of nitrogens with zero attached hydrogens (tertiary/aromatic N) is 1. The third kappa shape index (κ3) is 6.74. The van der Waals surface area contributed by atoms with Crippen molar-refractivity contribution in [3.05, 3.63) is 64.2 Å². The van der Waals surface area contributed by atoms with Crippen LogP contribution in [0.5, 0.6) is 11.5 Å². The lowest BCUT2D eigenvalue weighted by atomic mass is 10.1. The second-order valence-corrected chi connectivity index (χ2v) is 7.51. The molecule has 0 spiro atoms. The Morgan fingerprint density at radius 2 is 2.06 bits per heavy atom. The van der Waals surface area contributed by atoms with Crippen LogP contribution >= 0.6 is 11.6 Å². The molecular formula is C24H25ClN2O4. The van der Waals surface area contributed by atoms with Crippen LogP contribution in [-0.2, 0) is 16.1 Å². The molecule has 1 atom stereocenters. The average Bonchev–Trinajstić information content (AvgIpc) is 3.30. The molecule has 0 aromatic heterocycles. The van der Waals surface area contributed by atoms with Gasteiger partial charge in [0.2, 0.25) is 0 Å². The van der Waals surface area contributed by atoms with Crippen LogP contribution in [0.15, 0.2) is 48.0 Å². The maximum atomic E-state index is 12.4. The van der Waals surface area contributed by atoms with Gasteiger partial charge in [0, 0.05) is 18.2 Å². The number of carbonyl (C=O) groups is 1. The molecule has 1 heterocycles. The van der Waals surface area contributed by atoms with E-state index in [1.807, 2.05) is 37.3 Å². The quantitative estimate of drug-likeness (QED) is 0.458. The first kappa shape index (κ1) is 22.7. The van der Waals surface area contributed by atoms with E-state index < -0.39 is 5.91 Å². The van der Waals surface area contributed by atoms with Crippen molar-refractivity contribution in [2.24, 2.45) is 0 Å². The van der Waals surface area contributed by atoms with Crippen LogP contribution in [0.1, 0.15) is 30.9 Å². The normalized spacial score (nSPS) is 15.9. The highest BCUT2D eigenvalue weighted by Gasteiger charge is 2.18. The summed E-state index contributed by atoms with van der Waals surface area (Å²) in [6, 6.07) is 14.7. The fourth-order valence-electron chi connectivity index (χ4n) is 3.17. The monoisotopic (exact) mass is 440 g/mol. The van der Waals surface area contributed by atoms with Gasteiger partial charge in [-0.3, -0.25) is 4.79 Å². The summed E-state index contributed by atoms with van der Waals surface area (Å²) in [5.74, 6) is 0.705. The lowest BCUT2D eigenvalue weighted by Gasteiger charge is -2.13. The molecule has 1 aliphatic rings. The molecule has 3 rings (SSSR count). The van der Waals surface area contributed by atoms with Crippen molar-refractivity contribution in [1.29, 1.82) is 5.26 Å². The number of hydrogen-bond acceptors (Lipinski definition) is 5. The number of nitriles is 1. The maximum Gasteiger partial charge on any atom is 0.262 e. The Bertz CT molecular complexity index is 961. The van der Waals surface area contributed by atoms with Gasteiger partial charge in [0.1, 0.15) is 18.2 Å². The minimum Gasteiger partial charge on any atom is -0.490 e. The second kappa shape index (κ2) is 11.4. The molecule has 31 heavy (non-hydrogen) atoms. The lowest BCUT2D eigenvalue weighted by Crippen LogP contribution is -2.32. The number of rotatable bonds is 9. The van der Waals surface area contributed by atoms with E-state index in [4.69, 9.17) is 25.8 Å². The zero-order chi connectivity index (χ0) is 22.1. The van der Waals surface area contributed by atoms with Gasteiger partial charge in [-0.15, -0.1) is 0 Å². The number of carbonyl (C=O) groups excluding carboxylic acids is 1. The molecule has 2 aromatic carbocycles. The van der Waals surface area contributed by atoms with Crippen LogP contribution in [-0.4, -0.2) is 31.8 Å². The van der Waals surface area contributed by atoms with E-state index in [1.54, 1.807) is 18.2 Å². The van der Waals surface area contributed by atoms with Crippen LogP contribution in [0, 0.1) is 11.3 Å². The topological polar surface area (TPSA) is 80.6 Å². The van der Waals surface area contributed by atoms with Crippen molar-refractivity contribution in [2.75, 3.05) is 19.8 Å². The van der Waals surface area contributed by atoms with Gasteiger partial charge in [0.25, 0.3) is 5.91 Å². The molecule has 1 N–H and O–H groups in total. The van der Waals surface area contributed by atoms with Crippen LogP contribution < -0.4 is 14.8 Å². The highest BCUT2D eigenvalue weighted by molar-refractivity contribution is 6.30. The molecule has 7 heteroatoms. The first-order chi connectivity index (χ1) is 15.1. The molecule has 1 amide bonds. The van der Waals surface area contributed by atoms with E-state index in [2.05, 4.69) is 5.32 Å². The molecular weight excluding hydrogens is 416 g/mol. The molecule has 0 unspecified atom stereocenters. The fraction of sp³-hybridized carbons (Fsp3) is 0.333. The average molecular weight is 441 g/mol. The summed E-state index contributed by atoms with van der Waals surface area (Å²) >= 11 is 5.92. The minimum absolute atomic E-state index is 0.0190. The first-order valence-electron chi connectivity index (χ1n) is 10.2. The number of amides is 1. The Morgan fingerprint density at radius 1 is 1.26 bits per heavy atom. The van der Waals surface area contributed by atoms with Gasteiger partial charge in [-0.1, -0.05) is 29.8 Å². The summed E-state index contributed by atoms with van der Waals surface area (Å²) in [4.78, 5) is 12.4. The van der Waals surface area contributed by atoms with Crippen LogP contribution in [0.25, 0.3) is 6.08 Å². The number of hydrogen-bond donors (Lipinski definition) is 1. The highest BCUT2D eigenvalue weighted by atomic mass is 35.5. The molecule has 1 fully saturated rings. The highest BCUT2D eigenvalue weighted by Crippen LogP contribution is 2.30. The Balaban J connectivity index is 1.69. The Hall–Kier alpha value is -3.01. The van der Waals surface area contributed by atoms with Gasteiger partial charge in [-0.2, -0.15) is 5.26 Å². The van der Waals surface area contributed by atoms with Crippen molar-refractivity contribution in [3.63, 3.8) is 0 Å². The van der Waals surface area contributed by atoms with Crippen LogP contribution in [0.3, 0.4) is 0 Å². The van der Waals surface area contributed by atoms with E-state index in [1.165, 1.54) is 6.08 Å². The number of ether oxygens (including phenoxy) is 3. The number of benzene rings is 2. The molecule has 1 saturated heterocycles. The molecule has 1 aliphatic heterocycles. The first-order valence-corrected chi connectivity index (χ1v) is 10.6. The van der Waals surface area contributed by atoms with Gasteiger partial charge in [0.05, 0.1) is 12.7 Å². The summed E-state index contributed by atoms with van der Waals surface area (Å²) in [7, 11) is 0. The summed E-state index contributed by atoms with van der Waals surface area (Å²) in [6.07, 6.45) is 3.47. The molecule has 0 bridgehead atoms. The number of halogens is 1. The van der Waals surface area contributed by atoms with Gasteiger partial charge >= 0.3 is 0 Å². The van der Waals surface area contributed by atoms with Crippen LogP contribution in [0.2, 0.25) is 5.02 Å². The van der Waals surface area contributed by atoms with E-state index in [9.17, 15) is 10.1 Å². The van der Waals surface area contributed by atoms with Crippen molar-refractivity contribution < 1.29 is 19.0 Å². The predicted molar refractivity (Wildman–Crippen MR) is 119 cm³/mol. The minimum atomic E-state index is -0.418. The van der Waals surface area contributed by atoms with Gasteiger partial charge < -0.3 is 19.5 Å². The SMILES string of the molecule is CCOc1cc(/C=C(\C#N)C(=O)NC[C@H]2CCCO2)ccc1OCc1ccc(Cl)cc1. The summed E-state index contributed by atoms with van der Waals surface area (Å²) < 4.78 is 17.1. The third-order valence-electron chi connectivity index (χ3n) is 4.77. The molecule has 0 saturated carbocycles. The molecule has 6 nitrogen and oxygen atoms in total. The van der Waals surface area contributed by atoms with E-state index >= 15 is 0 Å². The summed E-state index contributed by atoms with van der Waals surface area (Å²) in [5.41, 5.74) is 1.67.